The molecule has 0 unspecified atom stereocenters. The van der Waals surface area contributed by atoms with Crippen molar-refractivity contribution in [3.05, 3.63) is 29.6 Å². The van der Waals surface area contributed by atoms with E-state index < -0.39 is 0 Å². The first-order chi connectivity index (χ1) is 9.92. The molecule has 1 heterocycles. The number of hydrogen-bond donors (Lipinski definition) is 2. The number of anilines is 1. The third kappa shape index (κ3) is 4.25. The Morgan fingerprint density at radius 3 is 2.67 bits per heavy atom. The Morgan fingerprint density at radius 1 is 1.38 bits per heavy atom. The maximum Gasteiger partial charge on any atom is 0.238 e. The predicted octanol–water partition coefficient (Wildman–Crippen LogP) is 2.15. The van der Waals surface area contributed by atoms with Crippen molar-refractivity contribution in [3.63, 3.8) is 0 Å². The Labute approximate surface area is 125 Å². The molecule has 5 heteroatoms. The second kappa shape index (κ2) is 6.54. The molecule has 0 spiro atoms. The summed E-state index contributed by atoms with van der Waals surface area (Å²) in [7, 11) is 1.98. The lowest BCUT2D eigenvalue weighted by molar-refractivity contribution is -0.117. The van der Waals surface area contributed by atoms with E-state index in [0.717, 1.165) is 31.5 Å². The number of carbonyl (C=O) groups is 1. The highest BCUT2D eigenvalue weighted by molar-refractivity contribution is 5.92. The largest absolute Gasteiger partial charge is 0.325 e. The number of amides is 1. The van der Waals surface area contributed by atoms with E-state index in [2.05, 4.69) is 22.5 Å². The summed E-state index contributed by atoms with van der Waals surface area (Å²) in [5, 5.41) is 6.14. The van der Waals surface area contributed by atoms with Crippen molar-refractivity contribution in [1.29, 1.82) is 0 Å². The normalized spacial score (nSPS) is 18.5. The van der Waals surface area contributed by atoms with Gasteiger partial charge in [-0.15, -0.1) is 0 Å². The molecule has 1 aliphatic heterocycles. The molecule has 1 amide bonds. The monoisotopic (exact) mass is 293 g/mol. The van der Waals surface area contributed by atoms with Gasteiger partial charge in [0.05, 0.1) is 6.54 Å². The smallest absolute Gasteiger partial charge is 0.238 e. The number of aryl methyl sites for hydroxylation is 1. The number of piperidine rings is 1. The summed E-state index contributed by atoms with van der Waals surface area (Å²) in [4.78, 5) is 14.2. The summed E-state index contributed by atoms with van der Waals surface area (Å²) in [5.74, 6) is -0.421. The third-order valence-electron chi connectivity index (χ3n) is 4.40. The van der Waals surface area contributed by atoms with Crippen LogP contribution in [0.4, 0.5) is 10.1 Å². The van der Waals surface area contributed by atoms with Crippen molar-refractivity contribution in [3.8, 4) is 0 Å². The Kier molecular flexibility index (Phi) is 4.96. The fourth-order valence-electron chi connectivity index (χ4n) is 2.58. The van der Waals surface area contributed by atoms with E-state index >= 15 is 0 Å². The van der Waals surface area contributed by atoms with E-state index in [1.165, 1.54) is 12.1 Å². The van der Waals surface area contributed by atoms with Gasteiger partial charge in [-0.1, -0.05) is 6.07 Å². The molecule has 2 rings (SSSR count). The van der Waals surface area contributed by atoms with Crippen molar-refractivity contribution >= 4 is 11.6 Å². The minimum absolute atomic E-state index is 0.0863. The standard InChI is InChI=1S/C16H24FN3O/c1-12-4-5-13(17)10-14(12)19-15(21)11-20-8-6-16(2,18-3)7-9-20/h4-5,10,18H,6-9,11H2,1-3H3,(H,19,21). The molecule has 0 bridgehead atoms. The molecule has 21 heavy (non-hydrogen) atoms. The molecule has 2 N–H and O–H groups in total. The van der Waals surface area contributed by atoms with Crippen LogP contribution in [0.15, 0.2) is 18.2 Å². The SMILES string of the molecule is CNC1(C)CCN(CC(=O)Nc2cc(F)ccc2C)CC1. The minimum Gasteiger partial charge on any atom is -0.325 e. The van der Waals surface area contributed by atoms with Crippen LogP contribution in [0, 0.1) is 12.7 Å². The summed E-state index contributed by atoms with van der Waals surface area (Å²) in [6, 6.07) is 4.43. The van der Waals surface area contributed by atoms with Gasteiger partial charge in [0, 0.05) is 24.3 Å². The number of carbonyl (C=O) groups excluding carboxylic acids is 1. The molecule has 116 valence electrons. The van der Waals surface area contributed by atoms with Gasteiger partial charge < -0.3 is 10.6 Å². The average Bonchev–Trinajstić information content (AvgIpc) is 2.46. The lowest BCUT2D eigenvalue weighted by atomic mass is 9.90. The van der Waals surface area contributed by atoms with Crippen molar-refractivity contribution in [2.75, 3.05) is 32.0 Å². The van der Waals surface area contributed by atoms with Crippen molar-refractivity contribution in [2.24, 2.45) is 0 Å². The zero-order valence-electron chi connectivity index (χ0n) is 13.0. The van der Waals surface area contributed by atoms with Crippen LogP contribution in [0.5, 0.6) is 0 Å². The molecular weight excluding hydrogens is 269 g/mol. The van der Waals surface area contributed by atoms with E-state index in [-0.39, 0.29) is 17.3 Å². The van der Waals surface area contributed by atoms with E-state index in [9.17, 15) is 9.18 Å². The van der Waals surface area contributed by atoms with Crippen molar-refractivity contribution < 1.29 is 9.18 Å². The fraction of sp³-hybridized carbons (Fsp3) is 0.562. The summed E-state index contributed by atoms with van der Waals surface area (Å²) in [6.45, 7) is 6.21. The van der Waals surface area contributed by atoms with Crippen molar-refractivity contribution in [1.82, 2.24) is 10.2 Å². The molecule has 1 aromatic carbocycles. The van der Waals surface area contributed by atoms with Crippen LogP contribution in [0.25, 0.3) is 0 Å². The molecule has 1 saturated heterocycles. The van der Waals surface area contributed by atoms with E-state index in [1.54, 1.807) is 6.07 Å². The number of hydrogen-bond acceptors (Lipinski definition) is 3. The molecule has 0 saturated carbocycles. The zero-order valence-corrected chi connectivity index (χ0v) is 13.0. The quantitative estimate of drug-likeness (QED) is 0.894. The molecule has 0 atom stereocenters. The van der Waals surface area contributed by atoms with Gasteiger partial charge in [-0.3, -0.25) is 9.69 Å². The molecule has 1 aliphatic rings. The van der Waals surface area contributed by atoms with Crippen LogP contribution in [-0.2, 0) is 4.79 Å². The van der Waals surface area contributed by atoms with Gasteiger partial charge in [0.1, 0.15) is 5.82 Å². The Bertz CT molecular complexity index is 510. The minimum atomic E-state index is -0.335. The van der Waals surface area contributed by atoms with E-state index in [0.29, 0.717) is 12.2 Å². The van der Waals surface area contributed by atoms with Gasteiger partial charge in [-0.25, -0.2) is 4.39 Å². The molecule has 1 aromatic rings. The fourth-order valence-corrected chi connectivity index (χ4v) is 2.58. The first kappa shape index (κ1) is 15.9. The van der Waals surface area contributed by atoms with Gasteiger partial charge in [-0.05, 0) is 51.4 Å². The molecule has 0 aromatic heterocycles. The molecular formula is C16H24FN3O. The van der Waals surface area contributed by atoms with Crippen LogP contribution in [0.2, 0.25) is 0 Å². The number of nitrogens with zero attached hydrogens (tertiary/aromatic N) is 1. The number of likely N-dealkylation sites (tertiary alicyclic amines) is 1. The highest BCUT2D eigenvalue weighted by Gasteiger charge is 2.28. The first-order valence-corrected chi connectivity index (χ1v) is 7.39. The second-order valence-electron chi connectivity index (χ2n) is 6.09. The Balaban J connectivity index is 1.87. The van der Waals surface area contributed by atoms with Gasteiger partial charge in [0.2, 0.25) is 5.91 Å². The predicted molar refractivity (Wildman–Crippen MR) is 82.9 cm³/mol. The summed E-state index contributed by atoms with van der Waals surface area (Å²) in [6.07, 6.45) is 2.05. The highest BCUT2D eigenvalue weighted by Crippen LogP contribution is 2.21. The van der Waals surface area contributed by atoms with Gasteiger partial charge in [0.15, 0.2) is 0 Å². The van der Waals surface area contributed by atoms with Gasteiger partial charge in [0.25, 0.3) is 0 Å². The maximum atomic E-state index is 13.2. The molecule has 0 radical (unpaired) electrons. The lowest BCUT2D eigenvalue weighted by Gasteiger charge is -2.39. The van der Waals surface area contributed by atoms with Crippen LogP contribution in [0.1, 0.15) is 25.3 Å². The van der Waals surface area contributed by atoms with Crippen LogP contribution in [0.3, 0.4) is 0 Å². The Hall–Kier alpha value is -1.46. The summed E-state index contributed by atoms with van der Waals surface area (Å²) in [5.41, 5.74) is 1.59. The van der Waals surface area contributed by atoms with E-state index in [4.69, 9.17) is 0 Å². The Morgan fingerprint density at radius 2 is 2.05 bits per heavy atom. The average molecular weight is 293 g/mol. The summed E-state index contributed by atoms with van der Waals surface area (Å²) < 4.78 is 13.2. The first-order valence-electron chi connectivity index (χ1n) is 7.39. The van der Waals surface area contributed by atoms with Crippen molar-refractivity contribution in [2.45, 2.75) is 32.2 Å². The molecule has 4 nitrogen and oxygen atoms in total. The van der Waals surface area contributed by atoms with Gasteiger partial charge >= 0.3 is 0 Å². The van der Waals surface area contributed by atoms with Crippen LogP contribution in [-0.4, -0.2) is 43.0 Å². The number of nitrogens with one attached hydrogen (secondary N) is 2. The zero-order chi connectivity index (χ0) is 15.5. The molecule has 0 aliphatic carbocycles. The van der Waals surface area contributed by atoms with Crippen LogP contribution >= 0.6 is 0 Å². The van der Waals surface area contributed by atoms with E-state index in [1.807, 2.05) is 14.0 Å². The van der Waals surface area contributed by atoms with Gasteiger partial charge in [-0.2, -0.15) is 0 Å². The third-order valence-corrected chi connectivity index (χ3v) is 4.40. The number of benzene rings is 1. The highest BCUT2D eigenvalue weighted by atomic mass is 19.1. The number of rotatable bonds is 4. The number of halogens is 1. The molecule has 1 fully saturated rings. The topological polar surface area (TPSA) is 44.4 Å². The lowest BCUT2D eigenvalue weighted by Crippen LogP contribution is -2.51. The summed E-state index contributed by atoms with van der Waals surface area (Å²) >= 11 is 0. The maximum absolute atomic E-state index is 13.2. The second-order valence-corrected chi connectivity index (χ2v) is 6.09. The van der Waals surface area contributed by atoms with Crippen LogP contribution < -0.4 is 10.6 Å².